The fraction of sp³-hybridized carbons (Fsp3) is 0.261. The van der Waals surface area contributed by atoms with Crippen LogP contribution in [-0.2, 0) is 20.9 Å². The molecule has 4 atom stereocenters. The van der Waals surface area contributed by atoms with E-state index in [0.29, 0.717) is 16.8 Å². The molecule has 2 aromatic rings. The summed E-state index contributed by atoms with van der Waals surface area (Å²) in [6, 6.07) is 12.8. The highest BCUT2D eigenvalue weighted by molar-refractivity contribution is 6.24. The lowest BCUT2D eigenvalue weighted by molar-refractivity contribution is -0.129. The van der Waals surface area contributed by atoms with Crippen LogP contribution in [0.15, 0.2) is 60.7 Å². The van der Waals surface area contributed by atoms with Gasteiger partial charge in [0, 0.05) is 18.2 Å². The maximum absolute atomic E-state index is 14.6. The predicted octanol–water partition coefficient (Wildman–Crippen LogP) is 2.63. The fourth-order valence-electron chi connectivity index (χ4n) is 4.93. The summed E-state index contributed by atoms with van der Waals surface area (Å²) < 4.78 is 14.6. The monoisotopic (exact) mass is 390 g/mol. The number of para-hydroxylation sites is 1. The number of benzene rings is 2. The second-order valence-corrected chi connectivity index (χ2v) is 7.82. The molecule has 0 N–H and O–H groups in total. The molecular formula is C23H19FN2O3. The van der Waals surface area contributed by atoms with Crippen molar-refractivity contribution in [2.75, 3.05) is 4.90 Å². The van der Waals surface area contributed by atoms with Crippen LogP contribution in [0.5, 0.6) is 0 Å². The first-order chi connectivity index (χ1) is 14.0. The Bertz CT molecular complexity index is 1070. The number of carbonyl (C=O) groups is 3. The van der Waals surface area contributed by atoms with Gasteiger partial charge in [-0.1, -0.05) is 42.5 Å². The van der Waals surface area contributed by atoms with Gasteiger partial charge in [0.25, 0.3) is 0 Å². The van der Waals surface area contributed by atoms with E-state index in [9.17, 15) is 18.8 Å². The molecule has 6 heteroatoms. The number of ketones is 1. The third-order valence-corrected chi connectivity index (χ3v) is 6.23. The van der Waals surface area contributed by atoms with E-state index in [2.05, 4.69) is 0 Å². The smallest absolute Gasteiger partial charge is 0.239 e. The molecule has 2 fully saturated rings. The molecule has 3 unspecified atom stereocenters. The van der Waals surface area contributed by atoms with E-state index in [4.69, 9.17) is 0 Å². The van der Waals surface area contributed by atoms with Gasteiger partial charge in [-0.25, -0.2) is 9.29 Å². The minimum atomic E-state index is -0.750. The fourth-order valence-corrected chi connectivity index (χ4v) is 4.93. The minimum absolute atomic E-state index is 0.178. The number of amides is 2. The first-order valence-electron chi connectivity index (χ1n) is 9.63. The number of imide groups is 1. The number of carbonyl (C=O) groups excluding carboxylic acids is 3. The standard InChI is InChI=1S/C23H19FN2O3/c1-13-6-5-7-14(20(13)24)12-25-16-10-11-17(27)21(25)19-18(16)22(28)26(23(19)29)15-8-3-2-4-9-15/h2-11,16,18-19,21H,12H2,1H3/t16?,18-,19?,21?/m0/s1. The molecule has 0 aliphatic carbocycles. The van der Waals surface area contributed by atoms with Crippen molar-refractivity contribution < 1.29 is 18.8 Å². The lowest BCUT2D eigenvalue weighted by Crippen LogP contribution is -2.48. The van der Waals surface area contributed by atoms with Gasteiger partial charge in [0.05, 0.1) is 23.6 Å². The number of hydrogen-bond acceptors (Lipinski definition) is 4. The summed E-state index contributed by atoms with van der Waals surface area (Å²) in [6.07, 6.45) is 3.15. The van der Waals surface area contributed by atoms with E-state index >= 15 is 0 Å². The van der Waals surface area contributed by atoms with E-state index in [0.717, 1.165) is 0 Å². The number of fused-ring (bicyclic) bond motifs is 5. The van der Waals surface area contributed by atoms with Gasteiger partial charge < -0.3 is 0 Å². The van der Waals surface area contributed by atoms with Crippen LogP contribution < -0.4 is 4.90 Å². The molecule has 3 heterocycles. The SMILES string of the molecule is Cc1cccc(CN2C3C(=O)C=CC2[C@@H]2C(=O)N(c4ccccc4)C(=O)C32)c1F. The number of halogens is 1. The summed E-state index contributed by atoms with van der Waals surface area (Å²) in [7, 11) is 0. The van der Waals surface area contributed by atoms with Gasteiger partial charge in [-0.3, -0.25) is 19.3 Å². The van der Waals surface area contributed by atoms with Gasteiger partial charge in [-0.05, 0) is 30.7 Å². The Labute approximate surface area is 167 Å². The zero-order chi connectivity index (χ0) is 20.3. The van der Waals surface area contributed by atoms with Gasteiger partial charge in [-0.2, -0.15) is 0 Å². The molecule has 5 nitrogen and oxygen atoms in total. The lowest BCUT2D eigenvalue weighted by atomic mass is 9.90. The van der Waals surface area contributed by atoms with Crippen molar-refractivity contribution in [2.45, 2.75) is 25.6 Å². The predicted molar refractivity (Wildman–Crippen MR) is 104 cm³/mol. The third-order valence-electron chi connectivity index (χ3n) is 6.23. The molecular weight excluding hydrogens is 371 g/mol. The van der Waals surface area contributed by atoms with E-state index in [1.165, 1.54) is 11.0 Å². The van der Waals surface area contributed by atoms with Gasteiger partial charge in [0.1, 0.15) is 5.82 Å². The summed E-state index contributed by atoms with van der Waals surface area (Å²) >= 11 is 0. The van der Waals surface area contributed by atoms with Gasteiger partial charge in [0.2, 0.25) is 11.8 Å². The molecule has 3 aliphatic rings. The Hall–Kier alpha value is -3.12. The number of hydrogen-bond donors (Lipinski definition) is 0. The summed E-state index contributed by atoms with van der Waals surface area (Å²) in [4.78, 5) is 42.2. The van der Waals surface area contributed by atoms with Crippen molar-refractivity contribution in [3.05, 3.63) is 77.6 Å². The molecule has 0 aromatic heterocycles. The van der Waals surface area contributed by atoms with E-state index in [1.54, 1.807) is 55.5 Å². The van der Waals surface area contributed by atoms with Crippen LogP contribution in [0.3, 0.4) is 0 Å². The highest BCUT2D eigenvalue weighted by Gasteiger charge is 2.64. The van der Waals surface area contributed by atoms with E-state index in [1.807, 2.05) is 11.0 Å². The average Bonchev–Trinajstić information content (AvgIpc) is 3.10. The van der Waals surface area contributed by atoms with Gasteiger partial charge in [0.15, 0.2) is 5.78 Å². The first-order valence-corrected chi connectivity index (χ1v) is 9.63. The molecule has 0 radical (unpaired) electrons. The molecule has 5 rings (SSSR count). The van der Waals surface area contributed by atoms with E-state index < -0.39 is 23.9 Å². The molecule has 2 amide bonds. The Balaban J connectivity index is 1.53. The van der Waals surface area contributed by atoms with Crippen LogP contribution in [0.2, 0.25) is 0 Å². The minimum Gasteiger partial charge on any atom is -0.293 e. The number of aryl methyl sites for hydroxylation is 1. The van der Waals surface area contributed by atoms with Crippen LogP contribution >= 0.6 is 0 Å². The molecule has 29 heavy (non-hydrogen) atoms. The van der Waals surface area contributed by atoms with Crippen molar-refractivity contribution >= 4 is 23.3 Å². The largest absolute Gasteiger partial charge is 0.293 e. The normalized spacial score (nSPS) is 28.3. The number of rotatable bonds is 3. The van der Waals surface area contributed by atoms with Crippen LogP contribution in [0, 0.1) is 24.6 Å². The summed E-state index contributed by atoms with van der Waals surface area (Å²) in [5, 5.41) is 0. The van der Waals surface area contributed by atoms with Gasteiger partial charge >= 0.3 is 0 Å². The Morgan fingerprint density at radius 1 is 0.931 bits per heavy atom. The first kappa shape index (κ1) is 17.9. The van der Waals surface area contributed by atoms with Crippen molar-refractivity contribution in [3.8, 4) is 0 Å². The maximum atomic E-state index is 14.6. The highest BCUT2D eigenvalue weighted by Crippen LogP contribution is 2.47. The molecule has 2 aromatic carbocycles. The Morgan fingerprint density at radius 3 is 2.41 bits per heavy atom. The third kappa shape index (κ3) is 2.52. The molecule has 146 valence electrons. The molecule has 2 saturated heterocycles. The quantitative estimate of drug-likeness (QED) is 0.756. The van der Waals surface area contributed by atoms with Crippen molar-refractivity contribution in [1.82, 2.24) is 4.90 Å². The van der Waals surface area contributed by atoms with Crippen LogP contribution in [0.25, 0.3) is 0 Å². The molecule has 3 aliphatic heterocycles. The molecule has 0 spiro atoms. The maximum Gasteiger partial charge on any atom is 0.239 e. The lowest BCUT2D eigenvalue weighted by Gasteiger charge is -2.33. The van der Waals surface area contributed by atoms with Crippen LogP contribution in [-0.4, -0.2) is 34.6 Å². The van der Waals surface area contributed by atoms with Crippen molar-refractivity contribution in [1.29, 1.82) is 0 Å². The Morgan fingerprint density at radius 2 is 1.66 bits per heavy atom. The summed E-state index contributed by atoms with van der Waals surface area (Å²) in [5.41, 5.74) is 1.50. The summed E-state index contributed by atoms with van der Waals surface area (Å²) in [5.74, 6) is -2.56. The van der Waals surface area contributed by atoms with Crippen LogP contribution in [0.4, 0.5) is 10.1 Å². The number of anilines is 1. The zero-order valence-corrected chi connectivity index (χ0v) is 15.8. The topological polar surface area (TPSA) is 57.7 Å². The van der Waals surface area contributed by atoms with Crippen molar-refractivity contribution in [3.63, 3.8) is 0 Å². The van der Waals surface area contributed by atoms with E-state index in [-0.39, 0.29) is 30.0 Å². The van der Waals surface area contributed by atoms with Crippen molar-refractivity contribution in [2.24, 2.45) is 11.8 Å². The summed E-state index contributed by atoms with van der Waals surface area (Å²) in [6.45, 7) is 1.87. The Kier molecular flexibility index (Phi) is 3.99. The number of nitrogens with zero attached hydrogens (tertiary/aromatic N) is 2. The average molecular weight is 390 g/mol. The highest BCUT2D eigenvalue weighted by atomic mass is 19.1. The molecule has 2 bridgehead atoms. The van der Waals surface area contributed by atoms with Gasteiger partial charge in [-0.15, -0.1) is 0 Å². The zero-order valence-electron chi connectivity index (χ0n) is 15.8. The molecule has 0 saturated carbocycles. The second-order valence-electron chi connectivity index (χ2n) is 7.82. The second kappa shape index (κ2) is 6.46. The van der Waals surface area contributed by atoms with Crippen LogP contribution in [0.1, 0.15) is 11.1 Å².